The third-order valence-electron chi connectivity index (χ3n) is 3.60. The normalized spacial score (nSPS) is 24.2. The first kappa shape index (κ1) is 14.5. The highest BCUT2D eigenvalue weighted by Gasteiger charge is 2.38. The van der Waals surface area contributed by atoms with Crippen LogP contribution in [0.15, 0.2) is 0 Å². The summed E-state index contributed by atoms with van der Waals surface area (Å²) >= 11 is 0. The molecule has 4 nitrogen and oxygen atoms in total. The molecule has 4 heteroatoms. The van der Waals surface area contributed by atoms with Crippen molar-refractivity contribution in [3.05, 3.63) is 0 Å². The maximum Gasteiger partial charge on any atom is 0.240 e. The Hall–Kier alpha value is -0.610. The van der Waals surface area contributed by atoms with Crippen LogP contribution >= 0.6 is 0 Å². The maximum atomic E-state index is 12.1. The molecule has 0 spiro atoms. The number of hydrogen-bond acceptors (Lipinski definition) is 3. The van der Waals surface area contributed by atoms with Gasteiger partial charge in [-0.05, 0) is 59.3 Å². The lowest BCUT2D eigenvalue weighted by Crippen LogP contribution is -2.53. The van der Waals surface area contributed by atoms with Crippen LogP contribution in [0.5, 0.6) is 0 Å². The molecule has 0 bridgehead atoms. The van der Waals surface area contributed by atoms with Crippen molar-refractivity contribution in [1.82, 2.24) is 15.5 Å². The summed E-state index contributed by atoms with van der Waals surface area (Å²) in [6, 6.07) is 0. The van der Waals surface area contributed by atoms with Gasteiger partial charge >= 0.3 is 0 Å². The summed E-state index contributed by atoms with van der Waals surface area (Å²) in [6.45, 7) is 4.95. The minimum atomic E-state index is -0.276. The number of carbonyl (C=O) groups excluding carboxylic acids is 1. The van der Waals surface area contributed by atoms with Crippen molar-refractivity contribution >= 4 is 5.91 Å². The Morgan fingerprint density at radius 3 is 2.71 bits per heavy atom. The summed E-state index contributed by atoms with van der Waals surface area (Å²) in [7, 11) is 4.15. The molecule has 1 fully saturated rings. The lowest BCUT2D eigenvalue weighted by molar-refractivity contribution is -0.127. The van der Waals surface area contributed by atoms with Crippen LogP contribution < -0.4 is 10.6 Å². The van der Waals surface area contributed by atoms with Gasteiger partial charge < -0.3 is 15.5 Å². The van der Waals surface area contributed by atoms with Crippen molar-refractivity contribution < 1.29 is 4.79 Å². The summed E-state index contributed by atoms with van der Waals surface area (Å²) in [5.74, 6) is 0.197. The summed E-state index contributed by atoms with van der Waals surface area (Å²) in [5.41, 5.74) is -0.276. The van der Waals surface area contributed by atoms with Gasteiger partial charge in [0.1, 0.15) is 0 Å². The molecule has 1 atom stereocenters. The van der Waals surface area contributed by atoms with Crippen molar-refractivity contribution in [2.75, 3.05) is 33.7 Å². The van der Waals surface area contributed by atoms with Gasteiger partial charge in [0, 0.05) is 6.54 Å². The first-order valence-corrected chi connectivity index (χ1v) is 6.79. The van der Waals surface area contributed by atoms with Gasteiger partial charge in [-0.15, -0.1) is 0 Å². The van der Waals surface area contributed by atoms with Gasteiger partial charge in [0.25, 0.3) is 0 Å². The second-order valence-electron chi connectivity index (χ2n) is 5.23. The predicted molar refractivity (Wildman–Crippen MR) is 71.1 cm³/mol. The predicted octanol–water partition coefficient (Wildman–Crippen LogP) is 0.977. The van der Waals surface area contributed by atoms with Crippen LogP contribution in [0.3, 0.4) is 0 Å². The van der Waals surface area contributed by atoms with E-state index in [0.29, 0.717) is 0 Å². The van der Waals surface area contributed by atoms with Crippen molar-refractivity contribution in [2.24, 2.45) is 0 Å². The minimum Gasteiger partial charge on any atom is -0.354 e. The average molecular weight is 241 g/mol. The molecule has 17 heavy (non-hydrogen) atoms. The van der Waals surface area contributed by atoms with E-state index in [2.05, 4.69) is 36.6 Å². The maximum absolute atomic E-state index is 12.1. The van der Waals surface area contributed by atoms with Crippen molar-refractivity contribution in [3.63, 3.8) is 0 Å². The Kier molecular flexibility index (Phi) is 5.92. The number of nitrogens with zero attached hydrogens (tertiary/aromatic N) is 1. The first-order chi connectivity index (χ1) is 8.10. The quantitative estimate of drug-likeness (QED) is 0.653. The number of rotatable bonds is 7. The molecule has 0 radical (unpaired) electrons. The van der Waals surface area contributed by atoms with E-state index in [-0.39, 0.29) is 11.4 Å². The summed E-state index contributed by atoms with van der Waals surface area (Å²) in [5, 5.41) is 6.43. The largest absolute Gasteiger partial charge is 0.354 e. The number of hydrogen-bond donors (Lipinski definition) is 2. The Morgan fingerprint density at radius 1 is 1.41 bits per heavy atom. The standard InChI is InChI=1S/C13H27N3O/c1-4-13(8-7-10-15-13)12(17)14-9-5-6-11-16(2)3/h15H,4-11H2,1-3H3,(H,14,17). The van der Waals surface area contributed by atoms with Crippen LogP contribution in [0.4, 0.5) is 0 Å². The van der Waals surface area contributed by atoms with E-state index in [4.69, 9.17) is 0 Å². The zero-order valence-corrected chi connectivity index (χ0v) is 11.5. The van der Waals surface area contributed by atoms with Crippen molar-refractivity contribution in [2.45, 2.75) is 44.6 Å². The highest BCUT2D eigenvalue weighted by Crippen LogP contribution is 2.22. The van der Waals surface area contributed by atoms with E-state index < -0.39 is 0 Å². The number of amides is 1. The van der Waals surface area contributed by atoms with Gasteiger partial charge in [-0.2, -0.15) is 0 Å². The van der Waals surface area contributed by atoms with Crippen LogP contribution in [-0.2, 0) is 4.79 Å². The number of carbonyl (C=O) groups is 1. The van der Waals surface area contributed by atoms with E-state index in [0.717, 1.165) is 51.7 Å². The molecule has 1 rings (SSSR count). The monoisotopic (exact) mass is 241 g/mol. The van der Waals surface area contributed by atoms with E-state index in [9.17, 15) is 4.79 Å². The second-order valence-corrected chi connectivity index (χ2v) is 5.23. The lowest BCUT2D eigenvalue weighted by Gasteiger charge is -2.26. The number of unbranched alkanes of at least 4 members (excludes halogenated alkanes) is 1. The molecular weight excluding hydrogens is 214 g/mol. The summed E-state index contributed by atoms with van der Waals surface area (Å²) in [4.78, 5) is 14.3. The van der Waals surface area contributed by atoms with Gasteiger partial charge in [-0.25, -0.2) is 0 Å². The molecule has 0 aromatic heterocycles. The highest BCUT2D eigenvalue weighted by atomic mass is 16.2. The summed E-state index contributed by atoms with van der Waals surface area (Å²) in [6.07, 6.45) is 5.18. The Bertz CT molecular complexity index is 235. The van der Waals surface area contributed by atoms with Gasteiger partial charge in [0.2, 0.25) is 5.91 Å². The fraction of sp³-hybridized carbons (Fsp3) is 0.923. The van der Waals surface area contributed by atoms with Crippen LogP contribution in [0.2, 0.25) is 0 Å². The van der Waals surface area contributed by atoms with Gasteiger partial charge in [-0.1, -0.05) is 6.92 Å². The first-order valence-electron chi connectivity index (χ1n) is 6.79. The molecule has 1 heterocycles. The SMILES string of the molecule is CCC1(C(=O)NCCCCN(C)C)CCCN1. The molecule has 0 aromatic carbocycles. The third kappa shape index (κ3) is 4.28. The molecule has 0 aliphatic carbocycles. The Labute approximate surface area is 105 Å². The van der Waals surface area contributed by atoms with Gasteiger partial charge in [0.15, 0.2) is 0 Å². The molecule has 1 aliphatic heterocycles. The molecule has 100 valence electrons. The Morgan fingerprint density at radius 2 is 2.18 bits per heavy atom. The van der Waals surface area contributed by atoms with Crippen LogP contribution in [0.25, 0.3) is 0 Å². The third-order valence-corrected chi connectivity index (χ3v) is 3.60. The van der Waals surface area contributed by atoms with Crippen LogP contribution in [0, 0.1) is 0 Å². The molecule has 2 N–H and O–H groups in total. The molecule has 1 aliphatic rings. The van der Waals surface area contributed by atoms with E-state index in [1.807, 2.05) is 0 Å². The zero-order valence-electron chi connectivity index (χ0n) is 11.5. The fourth-order valence-corrected chi connectivity index (χ4v) is 2.39. The average Bonchev–Trinajstić information content (AvgIpc) is 2.77. The molecule has 1 amide bonds. The molecule has 0 aromatic rings. The minimum absolute atomic E-state index is 0.197. The van der Waals surface area contributed by atoms with Crippen LogP contribution in [0.1, 0.15) is 39.0 Å². The summed E-state index contributed by atoms with van der Waals surface area (Å²) < 4.78 is 0. The van der Waals surface area contributed by atoms with Crippen molar-refractivity contribution in [3.8, 4) is 0 Å². The van der Waals surface area contributed by atoms with E-state index in [1.54, 1.807) is 0 Å². The second kappa shape index (κ2) is 6.97. The smallest absolute Gasteiger partial charge is 0.240 e. The fourth-order valence-electron chi connectivity index (χ4n) is 2.39. The van der Waals surface area contributed by atoms with E-state index >= 15 is 0 Å². The molecule has 0 saturated carbocycles. The van der Waals surface area contributed by atoms with Gasteiger partial charge in [-0.3, -0.25) is 4.79 Å². The topological polar surface area (TPSA) is 44.4 Å². The number of nitrogens with one attached hydrogen (secondary N) is 2. The van der Waals surface area contributed by atoms with Crippen molar-refractivity contribution in [1.29, 1.82) is 0 Å². The lowest BCUT2D eigenvalue weighted by atomic mass is 9.93. The molecule has 1 saturated heterocycles. The van der Waals surface area contributed by atoms with E-state index in [1.165, 1.54) is 0 Å². The Balaban J connectivity index is 2.20. The molecular formula is C13H27N3O. The molecule has 1 unspecified atom stereocenters. The highest BCUT2D eigenvalue weighted by molar-refractivity contribution is 5.86. The van der Waals surface area contributed by atoms with Crippen LogP contribution in [-0.4, -0.2) is 50.1 Å². The van der Waals surface area contributed by atoms with Gasteiger partial charge in [0.05, 0.1) is 5.54 Å². The zero-order chi connectivity index (χ0) is 12.7.